The van der Waals surface area contributed by atoms with Crippen molar-refractivity contribution in [2.45, 2.75) is 72.9 Å². The molecule has 6 nitrogen and oxygen atoms in total. The van der Waals surface area contributed by atoms with Crippen LogP contribution >= 0.6 is 0 Å². The highest BCUT2D eigenvalue weighted by molar-refractivity contribution is 6.02. The minimum absolute atomic E-state index is 0.0290. The Hall–Kier alpha value is -3.15. The first-order chi connectivity index (χ1) is 16.1. The fourth-order valence-electron chi connectivity index (χ4n) is 4.74. The number of Topliss-reactive ketones (excluding diaryl/α,β-unsaturated/α-hetero) is 1. The first-order valence-electron chi connectivity index (χ1n) is 11.9. The van der Waals surface area contributed by atoms with Crippen molar-refractivity contribution in [3.63, 3.8) is 0 Å². The van der Waals surface area contributed by atoms with Crippen LogP contribution in [0.25, 0.3) is 0 Å². The van der Waals surface area contributed by atoms with Crippen LogP contribution in [0.15, 0.2) is 30.3 Å². The Bertz CT molecular complexity index is 1040. The molecular formula is C28H35NO5. The van der Waals surface area contributed by atoms with Crippen LogP contribution in [0.1, 0.15) is 76.1 Å². The number of rotatable bonds is 7. The zero-order valence-corrected chi connectivity index (χ0v) is 21.1. The predicted molar refractivity (Wildman–Crippen MR) is 132 cm³/mol. The van der Waals surface area contributed by atoms with E-state index >= 15 is 0 Å². The number of hydrogen-bond acceptors (Lipinski definition) is 5. The number of likely N-dealkylation sites (tertiary alicyclic amines) is 1. The maximum absolute atomic E-state index is 12.8. The van der Waals surface area contributed by atoms with Gasteiger partial charge < -0.3 is 14.4 Å². The van der Waals surface area contributed by atoms with E-state index in [0.29, 0.717) is 16.9 Å². The lowest BCUT2D eigenvalue weighted by atomic mass is 9.92. The van der Waals surface area contributed by atoms with Gasteiger partial charge in [0.05, 0.1) is 5.56 Å². The number of ketones is 1. The Balaban J connectivity index is 1.55. The molecule has 1 saturated heterocycles. The van der Waals surface area contributed by atoms with Crippen LogP contribution in [-0.2, 0) is 9.53 Å². The molecule has 0 aromatic heterocycles. The molecule has 2 atom stereocenters. The molecule has 1 fully saturated rings. The molecule has 3 rings (SSSR count). The Labute approximate surface area is 202 Å². The van der Waals surface area contributed by atoms with E-state index in [1.54, 1.807) is 24.3 Å². The summed E-state index contributed by atoms with van der Waals surface area (Å²) in [7, 11) is 0. The molecule has 1 aliphatic heterocycles. The lowest BCUT2D eigenvalue weighted by Gasteiger charge is -2.38. The minimum atomic E-state index is -0.577. The summed E-state index contributed by atoms with van der Waals surface area (Å²) in [5.74, 6) is -0.320. The fourth-order valence-corrected chi connectivity index (χ4v) is 4.74. The van der Waals surface area contributed by atoms with Gasteiger partial charge in [0.2, 0.25) is 5.78 Å². The molecule has 1 amide bonds. The number of benzene rings is 2. The number of carbonyl (C=O) groups is 3. The summed E-state index contributed by atoms with van der Waals surface area (Å²) in [6, 6.07) is 8.91. The van der Waals surface area contributed by atoms with E-state index in [0.717, 1.165) is 41.5 Å². The molecule has 2 aromatic rings. The lowest BCUT2D eigenvalue weighted by molar-refractivity contribution is -0.139. The number of carbonyl (C=O) groups excluding carboxylic acids is 3. The molecule has 1 heterocycles. The van der Waals surface area contributed by atoms with Crippen LogP contribution < -0.4 is 4.74 Å². The van der Waals surface area contributed by atoms with Gasteiger partial charge in [-0.15, -0.1) is 0 Å². The van der Waals surface area contributed by atoms with E-state index in [4.69, 9.17) is 9.47 Å². The van der Waals surface area contributed by atoms with Gasteiger partial charge in [0.15, 0.2) is 13.2 Å². The summed E-state index contributed by atoms with van der Waals surface area (Å²) in [5, 5.41) is 0. The Morgan fingerprint density at radius 1 is 0.882 bits per heavy atom. The van der Waals surface area contributed by atoms with Gasteiger partial charge in [0, 0.05) is 17.6 Å². The standard InChI is InChI=1S/C28H35NO5/c1-17-14-18(2)22(6)27(21(17)5)25(30)15-34-28(32)23-10-12-24(13-11-23)33-16-26(31)29-19(3)8-7-9-20(29)4/h10-14,19-20H,7-9,15-16H2,1-6H3/t19-,20-/m1/s1. The van der Waals surface area contributed by atoms with Crippen molar-refractivity contribution < 1.29 is 23.9 Å². The second kappa shape index (κ2) is 10.9. The molecule has 0 saturated carbocycles. The van der Waals surface area contributed by atoms with Crippen molar-refractivity contribution in [2.24, 2.45) is 0 Å². The van der Waals surface area contributed by atoms with E-state index in [1.807, 2.05) is 32.6 Å². The van der Waals surface area contributed by atoms with E-state index in [9.17, 15) is 14.4 Å². The molecule has 0 bridgehead atoms. The van der Waals surface area contributed by atoms with Crippen LogP contribution in [0, 0.1) is 27.7 Å². The van der Waals surface area contributed by atoms with Gasteiger partial charge in [-0.05, 0) is 107 Å². The Morgan fingerprint density at radius 2 is 1.44 bits per heavy atom. The summed E-state index contributed by atoms with van der Waals surface area (Å²) in [4.78, 5) is 39.8. The maximum atomic E-state index is 12.8. The van der Waals surface area contributed by atoms with Crippen LogP contribution in [0.5, 0.6) is 5.75 Å². The first-order valence-corrected chi connectivity index (χ1v) is 11.9. The highest BCUT2D eigenvalue weighted by Crippen LogP contribution is 2.24. The van der Waals surface area contributed by atoms with Gasteiger partial charge in [0.25, 0.3) is 5.91 Å². The summed E-state index contributed by atoms with van der Waals surface area (Å²) in [6.07, 6.45) is 3.16. The number of amides is 1. The minimum Gasteiger partial charge on any atom is -0.484 e. The number of ether oxygens (including phenoxy) is 2. The van der Waals surface area contributed by atoms with Crippen molar-refractivity contribution in [3.05, 3.63) is 63.7 Å². The van der Waals surface area contributed by atoms with Gasteiger partial charge >= 0.3 is 5.97 Å². The lowest BCUT2D eigenvalue weighted by Crippen LogP contribution is -2.49. The summed E-state index contributed by atoms with van der Waals surface area (Å²) in [5.41, 5.74) is 4.84. The molecule has 0 unspecified atom stereocenters. The molecule has 0 N–H and O–H groups in total. The molecule has 34 heavy (non-hydrogen) atoms. The van der Waals surface area contributed by atoms with Gasteiger partial charge in [-0.2, -0.15) is 0 Å². The van der Waals surface area contributed by atoms with Crippen molar-refractivity contribution in [1.29, 1.82) is 0 Å². The SMILES string of the molecule is Cc1cc(C)c(C)c(C(=O)COC(=O)c2ccc(OCC(=O)N3[C@H](C)CCC[C@H]3C)cc2)c1C. The molecule has 0 spiro atoms. The predicted octanol–water partition coefficient (Wildman–Crippen LogP) is 5.13. The molecule has 1 aliphatic rings. The highest BCUT2D eigenvalue weighted by Gasteiger charge is 2.29. The van der Waals surface area contributed by atoms with Crippen LogP contribution in [0.3, 0.4) is 0 Å². The third kappa shape index (κ3) is 5.66. The summed E-state index contributed by atoms with van der Waals surface area (Å²) < 4.78 is 10.9. The van der Waals surface area contributed by atoms with Gasteiger partial charge in [-0.3, -0.25) is 9.59 Å². The van der Waals surface area contributed by atoms with E-state index < -0.39 is 5.97 Å². The van der Waals surface area contributed by atoms with Gasteiger partial charge in [-0.1, -0.05) is 6.07 Å². The number of piperidine rings is 1. The van der Waals surface area contributed by atoms with Gasteiger partial charge in [0.1, 0.15) is 5.75 Å². The third-order valence-corrected chi connectivity index (χ3v) is 6.91. The summed E-state index contributed by atoms with van der Waals surface area (Å²) in [6.45, 7) is 11.5. The largest absolute Gasteiger partial charge is 0.484 e. The topological polar surface area (TPSA) is 72.9 Å². The van der Waals surface area contributed by atoms with Gasteiger partial charge in [-0.25, -0.2) is 4.79 Å². The summed E-state index contributed by atoms with van der Waals surface area (Å²) >= 11 is 0. The van der Waals surface area contributed by atoms with Crippen molar-refractivity contribution in [1.82, 2.24) is 4.90 Å². The number of hydrogen-bond donors (Lipinski definition) is 0. The zero-order chi connectivity index (χ0) is 25.0. The number of nitrogens with zero attached hydrogens (tertiary/aromatic N) is 1. The van der Waals surface area contributed by atoms with Crippen molar-refractivity contribution in [3.8, 4) is 5.75 Å². The fraction of sp³-hybridized carbons (Fsp3) is 0.464. The molecule has 0 radical (unpaired) electrons. The highest BCUT2D eigenvalue weighted by atomic mass is 16.5. The molecule has 182 valence electrons. The van der Waals surface area contributed by atoms with Crippen molar-refractivity contribution >= 4 is 17.7 Å². The van der Waals surface area contributed by atoms with Crippen LogP contribution in [-0.4, -0.2) is 47.9 Å². The normalized spacial score (nSPS) is 17.9. The molecule has 6 heteroatoms. The molecule has 0 aliphatic carbocycles. The average molecular weight is 466 g/mol. The number of aryl methyl sites for hydroxylation is 2. The van der Waals surface area contributed by atoms with Crippen molar-refractivity contribution in [2.75, 3.05) is 13.2 Å². The number of esters is 1. The second-order valence-corrected chi connectivity index (χ2v) is 9.38. The monoisotopic (exact) mass is 465 g/mol. The molecule has 2 aromatic carbocycles. The van der Waals surface area contributed by atoms with E-state index in [2.05, 4.69) is 19.9 Å². The smallest absolute Gasteiger partial charge is 0.338 e. The zero-order valence-electron chi connectivity index (χ0n) is 21.1. The second-order valence-electron chi connectivity index (χ2n) is 9.38. The maximum Gasteiger partial charge on any atom is 0.338 e. The average Bonchev–Trinajstić information content (AvgIpc) is 2.80. The quantitative estimate of drug-likeness (QED) is 0.419. The Morgan fingerprint density at radius 3 is 2.00 bits per heavy atom. The van der Waals surface area contributed by atoms with E-state index in [-0.39, 0.29) is 37.0 Å². The Kier molecular flexibility index (Phi) is 8.13. The van der Waals surface area contributed by atoms with Crippen LogP contribution in [0.2, 0.25) is 0 Å². The van der Waals surface area contributed by atoms with Crippen LogP contribution in [0.4, 0.5) is 0 Å². The first kappa shape index (κ1) is 25.5. The molecular weight excluding hydrogens is 430 g/mol. The van der Waals surface area contributed by atoms with E-state index in [1.165, 1.54) is 0 Å². The third-order valence-electron chi connectivity index (χ3n) is 6.91.